The fourth-order valence-electron chi connectivity index (χ4n) is 5.34. The predicted molar refractivity (Wildman–Crippen MR) is 144 cm³/mol. The lowest BCUT2D eigenvalue weighted by atomic mass is 9.97. The van der Waals surface area contributed by atoms with Gasteiger partial charge in [-0.3, -0.25) is 9.59 Å². The molecule has 1 aromatic carbocycles. The number of hydrogen-bond donors (Lipinski definition) is 0. The first-order valence-electron chi connectivity index (χ1n) is 13.0. The molecule has 0 saturated carbocycles. The predicted octanol–water partition coefficient (Wildman–Crippen LogP) is 6.98. The molecule has 3 heterocycles. The van der Waals surface area contributed by atoms with E-state index in [1.165, 1.54) is 24.3 Å². The number of hydrogen-bond acceptors (Lipinski definition) is 3. The van der Waals surface area contributed by atoms with Crippen molar-refractivity contribution in [2.45, 2.75) is 37.8 Å². The minimum atomic E-state index is -4.48. The average molecular weight is 550 g/mol. The number of rotatable bonds is 7. The van der Waals surface area contributed by atoms with Crippen molar-refractivity contribution in [1.82, 2.24) is 14.3 Å². The molecule has 5 nitrogen and oxygen atoms in total. The molecular formula is C31H27F4N3O2. The molecule has 1 aliphatic heterocycles. The SMILES string of the molecule is C=CC(=O)N1CCC(c2cc(-c3ccc(C(=O)CCC4=CCC=CC(C(F)(F)F)=C4)c(F)c3)n3cnccc23)C1. The monoisotopic (exact) mass is 549 g/mol. The minimum Gasteiger partial charge on any atom is -0.339 e. The Bertz CT molecular complexity index is 1580. The molecule has 0 N–H and O–H groups in total. The largest absolute Gasteiger partial charge is 0.416 e. The van der Waals surface area contributed by atoms with E-state index in [1.807, 2.05) is 16.5 Å². The highest BCUT2D eigenvalue weighted by Gasteiger charge is 2.32. The molecule has 3 aromatic rings. The molecule has 5 rings (SSSR count). The van der Waals surface area contributed by atoms with Crippen molar-refractivity contribution in [1.29, 1.82) is 0 Å². The maximum Gasteiger partial charge on any atom is 0.416 e. The zero-order valence-corrected chi connectivity index (χ0v) is 21.6. The van der Waals surface area contributed by atoms with Gasteiger partial charge in [-0.2, -0.15) is 13.2 Å². The molecule has 1 saturated heterocycles. The standard InChI is InChI=1S/C31H27F4N3O2/c1-2-30(40)37-14-12-22(18-37)25-17-28(38-19-36-13-11-27(25)38)21-8-9-24(26(32)16-21)29(39)10-7-20-5-3-4-6-23(15-20)31(33,34)35/h2,4-6,8-9,11,13,15-17,19,22H,1,3,7,10,12,14,18H2. The van der Waals surface area contributed by atoms with Crippen LogP contribution in [0.15, 0.2) is 91.0 Å². The number of amides is 1. The van der Waals surface area contributed by atoms with Crippen LogP contribution in [0.1, 0.15) is 47.5 Å². The van der Waals surface area contributed by atoms with Gasteiger partial charge in [0.2, 0.25) is 5.91 Å². The number of aromatic nitrogens is 2. The molecule has 0 radical (unpaired) electrons. The summed E-state index contributed by atoms with van der Waals surface area (Å²) in [4.78, 5) is 30.9. The first kappa shape index (κ1) is 27.3. The van der Waals surface area contributed by atoms with E-state index < -0.39 is 23.3 Å². The average Bonchev–Trinajstić information content (AvgIpc) is 3.49. The third-order valence-corrected chi connectivity index (χ3v) is 7.41. The van der Waals surface area contributed by atoms with E-state index >= 15 is 4.39 Å². The number of nitrogens with zero attached hydrogens (tertiary/aromatic N) is 3. The summed E-state index contributed by atoms with van der Waals surface area (Å²) in [5, 5.41) is 0. The van der Waals surface area contributed by atoms with Crippen molar-refractivity contribution >= 4 is 17.2 Å². The van der Waals surface area contributed by atoms with Gasteiger partial charge in [-0.25, -0.2) is 9.37 Å². The van der Waals surface area contributed by atoms with Crippen molar-refractivity contribution < 1.29 is 27.2 Å². The lowest BCUT2D eigenvalue weighted by Crippen LogP contribution is -2.26. The van der Waals surface area contributed by atoms with Crippen LogP contribution in [0.3, 0.4) is 0 Å². The van der Waals surface area contributed by atoms with Crippen molar-refractivity contribution in [2.75, 3.05) is 13.1 Å². The van der Waals surface area contributed by atoms with Crippen LogP contribution in [0.2, 0.25) is 0 Å². The fourth-order valence-corrected chi connectivity index (χ4v) is 5.34. The van der Waals surface area contributed by atoms with E-state index in [4.69, 9.17) is 0 Å². The van der Waals surface area contributed by atoms with Gasteiger partial charge < -0.3 is 9.30 Å². The Balaban J connectivity index is 1.36. The van der Waals surface area contributed by atoms with Crippen molar-refractivity contribution in [3.63, 3.8) is 0 Å². The third-order valence-electron chi connectivity index (χ3n) is 7.41. The summed E-state index contributed by atoms with van der Waals surface area (Å²) in [6.45, 7) is 4.74. The van der Waals surface area contributed by atoms with Gasteiger partial charge >= 0.3 is 6.18 Å². The molecular weight excluding hydrogens is 522 g/mol. The van der Waals surface area contributed by atoms with E-state index in [0.717, 1.165) is 29.7 Å². The number of alkyl halides is 3. The first-order chi connectivity index (χ1) is 19.2. The molecule has 40 heavy (non-hydrogen) atoms. The summed E-state index contributed by atoms with van der Waals surface area (Å²) in [6.07, 6.45) is 6.35. The van der Waals surface area contributed by atoms with Crippen LogP contribution in [-0.2, 0) is 4.79 Å². The van der Waals surface area contributed by atoms with Crippen LogP contribution in [-0.4, -0.2) is 45.2 Å². The third kappa shape index (κ3) is 5.54. The maximum absolute atomic E-state index is 15.2. The Morgan fingerprint density at radius 1 is 1.18 bits per heavy atom. The number of ketones is 1. The summed E-state index contributed by atoms with van der Waals surface area (Å²) in [5.74, 6) is -1.20. The fraction of sp³-hybridized carbons (Fsp3) is 0.258. The Labute approximate surface area is 228 Å². The Kier molecular flexibility index (Phi) is 7.56. The Hall–Kier alpha value is -4.27. The lowest BCUT2D eigenvalue weighted by molar-refractivity contribution is -0.125. The van der Waals surface area contributed by atoms with E-state index in [1.54, 1.807) is 29.6 Å². The maximum atomic E-state index is 15.2. The van der Waals surface area contributed by atoms with Crippen molar-refractivity contribution in [3.8, 4) is 11.3 Å². The molecule has 206 valence electrons. The van der Waals surface area contributed by atoms with Crippen LogP contribution in [0.25, 0.3) is 16.8 Å². The minimum absolute atomic E-state index is 0.0758. The normalized spacial score (nSPS) is 17.5. The van der Waals surface area contributed by atoms with Gasteiger partial charge in [0.15, 0.2) is 5.78 Å². The van der Waals surface area contributed by atoms with Gasteiger partial charge in [0.1, 0.15) is 5.82 Å². The highest BCUT2D eigenvalue weighted by atomic mass is 19.4. The molecule has 0 bridgehead atoms. The second kappa shape index (κ2) is 11.1. The molecule has 2 aliphatic rings. The van der Waals surface area contributed by atoms with Gasteiger partial charge in [0.25, 0.3) is 0 Å². The zero-order chi connectivity index (χ0) is 28.4. The highest BCUT2D eigenvalue weighted by Crippen LogP contribution is 2.36. The van der Waals surface area contributed by atoms with Gasteiger partial charge in [-0.05, 0) is 61.2 Å². The van der Waals surface area contributed by atoms with E-state index in [-0.39, 0.29) is 30.2 Å². The molecule has 1 amide bonds. The molecule has 0 spiro atoms. The molecule has 1 atom stereocenters. The van der Waals surface area contributed by atoms with E-state index in [2.05, 4.69) is 11.6 Å². The summed E-state index contributed by atoms with van der Waals surface area (Å²) >= 11 is 0. The highest BCUT2D eigenvalue weighted by molar-refractivity contribution is 5.97. The second-order valence-corrected chi connectivity index (χ2v) is 9.93. The number of Topliss-reactive ketones (excluding diaryl/α,β-unsaturated/α-hetero) is 1. The van der Waals surface area contributed by atoms with Gasteiger partial charge in [-0.15, -0.1) is 0 Å². The number of fused-ring (bicyclic) bond motifs is 1. The number of carbonyl (C=O) groups excluding carboxylic acids is 2. The Morgan fingerprint density at radius 2 is 2.00 bits per heavy atom. The van der Waals surface area contributed by atoms with Crippen LogP contribution in [0, 0.1) is 5.82 Å². The van der Waals surface area contributed by atoms with Crippen LogP contribution in [0.4, 0.5) is 17.6 Å². The molecule has 9 heteroatoms. The van der Waals surface area contributed by atoms with Crippen LogP contribution >= 0.6 is 0 Å². The number of benzene rings is 1. The summed E-state index contributed by atoms with van der Waals surface area (Å²) < 4.78 is 56.6. The summed E-state index contributed by atoms with van der Waals surface area (Å²) in [7, 11) is 0. The smallest absolute Gasteiger partial charge is 0.339 e. The molecule has 1 aliphatic carbocycles. The first-order valence-corrected chi connectivity index (χ1v) is 13.0. The molecule has 1 fully saturated rings. The lowest BCUT2D eigenvalue weighted by Gasteiger charge is -2.13. The van der Waals surface area contributed by atoms with E-state index in [0.29, 0.717) is 36.3 Å². The van der Waals surface area contributed by atoms with Crippen molar-refractivity contribution in [3.05, 3.63) is 108 Å². The number of carbonyl (C=O) groups is 2. The van der Waals surface area contributed by atoms with Gasteiger partial charge in [0, 0.05) is 37.2 Å². The summed E-state index contributed by atoms with van der Waals surface area (Å²) in [5.41, 5.74) is 2.69. The van der Waals surface area contributed by atoms with Crippen LogP contribution in [0.5, 0.6) is 0 Å². The summed E-state index contributed by atoms with van der Waals surface area (Å²) in [6, 6.07) is 8.22. The Morgan fingerprint density at radius 3 is 2.75 bits per heavy atom. The van der Waals surface area contributed by atoms with Gasteiger partial charge in [-0.1, -0.05) is 36.4 Å². The molecule has 1 unspecified atom stereocenters. The number of likely N-dealkylation sites (tertiary alicyclic amines) is 1. The number of halogens is 4. The topological polar surface area (TPSA) is 54.7 Å². The van der Waals surface area contributed by atoms with Gasteiger partial charge in [0.05, 0.1) is 28.7 Å². The number of allylic oxidation sites excluding steroid dienone is 6. The van der Waals surface area contributed by atoms with Crippen LogP contribution < -0.4 is 0 Å². The quantitative estimate of drug-likeness (QED) is 0.182. The zero-order valence-electron chi connectivity index (χ0n) is 21.6. The van der Waals surface area contributed by atoms with E-state index in [9.17, 15) is 22.8 Å². The second-order valence-electron chi connectivity index (χ2n) is 9.93. The van der Waals surface area contributed by atoms with Crippen molar-refractivity contribution in [2.24, 2.45) is 0 Å². The molecule has 2 aromatic heterocycles.